The highest BCUT2D eigenvalue weighted by molar-refractivity contribution is 8.15. The number of imide groups is 1. The van der Waals surface area contributed by atoms with Crippen LogP contribution in [0.25, 0.3) is 0 Å². The molecular formula is C27H23FN2O4S. The van der Waals surface area contributed by atoms with E-state index >= 15 is 0 Å². The third-order valence-electron chi connectivity index (χ3n) is 5.51. The average molecular weight is 491 g/mol. The molecule has 1 fully saturated rings. The molecule has 1 heterocycles. The minimum Gasteiger partial charge on any atom is -0.490 e. The van der Waals surface area contributed by atoms with Crippen molar-refractivity contribution in [2.75, 3.05) is 6.61 Å². The van der Waals surface area contributed by atoms with Gasteiger partial charge < -0.3 is 9.47 Å². The van der Waals surface area contributed by atoms with Gasteiger partial charge in [-0.2, -0.15) is 5.26 Å². The zero-order valence-electron chi connectivity index (χ0n) is 19.1. The van der Waals surface area contributed by atoms with Gasteiger partial charge in [-0.05, 0) is 54.8 Å². The second-order valence-corrected chi connectivity index (χ2v) is 9.05. The summed E-state index contributed by atoms with van der Waals surface area (Å²) in [5.74, 6) is 0.426. The average Bonchev–Trinajstić information content (AvgIpc) is 3.12. The number of thioether (sulfide) groups is 1. The predicted octanol–water partition coefficient (Wildman–Crippen LogP) is 5.48. The van der Waals surface area contributed by atoms with E-state index in [0.717, 1.165) is 22.9 Å². The number of rotatable bonds is 9. The number of halogens is 1. The zero-order chi connectivity index (χ0) is 24.8. The SMILES string of the molecule is CCOc1cc(C[C@H]2SC(=O)N(Cc3ccc(F)cc3)C2=O)ccc1OCc1ccccc1C#N. The van der Waals surface area contributed by atoms with Gasteiger partial charge in [0.2, 0.25) is 5.91 Å². The molecule has 3 aromatic rings. The quantitative estimate of drug-likeness (QED) is 0.395. The fourth-order valence-corrected chi connectivity index (χ4v) is 4.76. The van der Waals surface area contributed by atoms with Crippen LogP contribution in [0, 0.1) is 17.1 Å². The van der Waals surface area contributed by atoms with E-state index in [1.54, 1.807) is 30.3 Å². The van der Waals surface area contributed by atoms with Crippen LogP contribution in [-0.4, -0.2) is 27.9 Å². The first-order valence-corrected chi connectivity index (χ1v) is 12.0. The Morgan fingerprint density at radius 1 is 1.00 bits per heavy atom. The van der Waals surface area contributed by atoms with Gasteiger partial charge in [0.15, 0.2) is 11.5 Å². The van der Waals surface area contributed by atoms with Gasteiger partial charge in [0.25, 0.3) is 5.24 Å². The molecule has 8 heteroatoms. The molecule has 178 valence electrons. The first-order chi connectivity index (χ1) is 17.0. The number of ether oxygens (including phenoxy) is 2. The molecule has 3 aromatic carbocycles. The third kappa shape index (κ3) is 5.81. The highest BCUT2D eigenvalue weighted by Gasteiger charge is 2.39. The van der Waals surface area contributed by atoms with Crippen molar-refractivity contribution in [1.82, 2.24) is 4.90 Å². The molecule has 0 aromatic heterocycles. The first-order valence-electron chi connectivity index (χ1n) is 11.1. The first kappa shape index (κ1) is 24.3. The molecule has 1 aliphatic heterocycles. The van der Waals surface area contributed by atoms with Crippen molar-refractivity contribution in [3.05, 3.63) is 94.8 Å². The standard InChI is InChI=1S/C27H23FN2O4S/c1-2-33-24-13-19(9-12-23(24)34-17-21-6-4-3-5-20(21)15-29)14-25-26(31)30(27(32)35-25)16-18-7-10-22(28)11-8-18/h3-13,25H,2,14,16-17H2,1H3/t25-/m1/s1. The van der Waals surface area contributed by atoms with E-state index in [-0.39, 0.29) is 30.1 Å². The summed E-state index contributed by atoms with van der Waals surface area (Å²) in [7, 11) is 0. The third-order valence-corrected chi connectivity index (χ3v) is 6.58. The molecule has 35 heavy (non-hydrogen) atoms. The summed E-state index contributed by atoms with van der Waals surface area (Å²) in [4.78, 5) is 26.6. The van der Waals surface area contributed by atoms with Crippen molar-refractivity contribution >= 4 is 22.9 Å². The summed E-state index contributed by atoms with van der Waals surface area (Å²) < 4.78 is 24.9. The van der Waals surface area contributed by atoms with Gasteiger partial charge in [-0.3, -0.25) is 14.5 Å². The summed E-state index contributed by atoms with van der Waals surface area (Å²) in [6.45, 7) is 2.62. The van der Waals surface area contributed by atoms with E-state index in [1.807, 2.05) is 31.2 Å². The topological polar surface area (TPSA) is 79.6 Å². The molecule has 1 aliphatic rings. The van der Waals surface area contributed by atoms with Crippen molar-refractivity contribution in [3.8, 4) is 17.6 Å². The molecule has 0 aliphatic carbocycles. The second-order valence-electron chi connectivity index (χ2n) is 7.90. The molecule has 4 rings (SSSR count). The number of nitrogens with zero attached hydrogens (tertiary/aromatic N) is 2. The van der Waals surface area contributed by atoms with E-state index < -0.39 is 5.25 Å². The molecule has 0 N–H and O–H groups in total. The molecule has 0 saturated carbocycles. The molecule has 0 unspecified atom stereocenters. The van der Waals surface area contributed by atoms with Crippen LogP contribution >= 0.6 is 11.8 Å². The number of hydrogen-bond donors (Lipinski definition) is 0. The van der Waals surface area contributed by atoms with Crippen LogP contribution in [0.2, 0.25) is 0 Å². The highest BCUT2D eigenvalue weighted by atomic mass is 32.2. The number of carbonyl (C=O) groups is 2. The maximum absolute atomic E-state index is 13.2. The van der Waals surface area contributed by atoms with Gasteiger partial charge in [-0.15, -0.1) is 0 Å². The number of nitriles is 1. The summed E-state index contributed by atoms with van der Waals surface area (Å²) in [5.41, 5.74) is 2.84. The smallest absolute Gasteiger partial charge is 0.289 e. The number of amides is 2. The van der Waals surface area contributed by atoms with Crippen LogP contribution in [0.1, 0.15) is 29.2 Å². The maximum atomic E-state index is 13.2. The molecule has 1 atom stereocenters. The Hall–Kier alpha value is -3.83. The van der Waals surface area contributed by atoms with E-state index in [0.29, 0.717) is 35.7 Å². The highest BCUT2D eigenvalue weighted by Crippen LogP contribution is 2.34. The lowest BCUT2D eigenvalue weighted by molar-refractivity contribution is -0.127. The lowest BCUT2D eigenvalue weighted by Crippen LogP contribution is -2.31. The van der Waals surface area contributed by atoms with Crippen molar-refractivity contribution in [2.24, 2.45) is 0 Å². The number of benzene rings is 3. The second kappa shape index (κ2) is 11.1. The Kier molecular flexibility index (Phi) is 7.68. The normalized spacial score (nSPS) is 15.2. The fourth-order valence-electron chi connectivity index (χ4n) is 3.74. The van der Waals surface area contributed by atoms with Crippen molar-refractivity contribution in [3.63, 3.8) is 0 Å². The van der Waals surface area contributed by atoms with Crippen LogP contribution in [0.15, 0.2) is 66.7 Å². The van der Waals surface area contributed by atoms with E-state index in [2.05, 4.69) is 6.07 Å². The molecule has 6 nitrogen and oxygen atoms in total. The summed E-state index contributed by atoms with van der Waals surface area (Å²) in [6, 6.07) is 20.6. The molecule has 1 saturated heterocycles. The Balaban J connectivity index is 1.44. The minimum atomic E-state index is -0.549. The van der Waals surface area contributed by atoms with Crippen LogP contribution in [0.3, 0.4) is 0 Å². The van der Waals surface area contributed by atoms with Gasteiger partial charge in [-0.1, -0.05) is 48.2 Å². The van der Waals surface area contributed by atoms with Gasteiger partial charge in [0.05, 0.1) is 30.0 Å². The molecule has 2 amide bonds. The van der Waals surface area contributed by atoms with E-state index in [4.69, 9.17) is 9.47 Å². The molecular weight excluding hydrogens is 467 g/mol. The van der Waals surface area contributed by atoms with Gasteiger partial charge in [0, 0.05) is 5.56 Å². The summed E-state index contributed by atoms with van der Waals surface area (Å²) >= 11 is 0.995. The van der Waals surface area contributed by atoms with Crippen molar-refractivity contribution in [1.29, 1.82) is 5.26 Å². The lowest BCUT2D eigenvalue weighted by atomic mass is 10.1. The van der Waals surface area contributed by atoms with E-state index in [9.17, 15) is 19.2 Å². The van der Waals surface area contributed by atoms with E-state index in [1.165, 1.54) is 17.0 Å². The largest absolute Gasteiger partial charge is 0.490 e. The Bertz CT molecular complexity index is 1270. The van der Waals surface area contributed by atoms with Crippen LogP contribution in [0.4, 0.5) is 9.18 Å². The van der Waals surface area contributed by atoms with Crippen LogP contribution in [-0.2, 0) is 24.4 Å². The van der Waals surface area contributed by atoms with Gasteiger partial charge in [0.1, 0.15) is 12.4 Å². The Labute approximate surface area is 207 Å². The summed E-state index contributed by atoms with van der Waals surface area (Å²) in [5, 5.41) is 8.41. The number of carbonyl (C=O) groups excluding carboxylic acids is 2. The Morgan fingerprint density at radius 2 is 1.74 bits per heavy atom. The maximum Gasteiger partial charge on any atom is 0.289 e. The fraction of sp³-hybridized carbons (Fsp3) is 0.222. The monoisotopic (exact) mass is 490 g/mol. The lowest BCUT2D eigenvalue weighted by Gasteiger charge is -2.16. The zero-order valence-corrected chi connectivity index (χ0v) is 19.9. The number of hydrogen-bond acceptors (Lipinski definition) is 6. The Morgan fingerprint density at radius 3 is 2.49 bits per heavy atom. The van der Waals surface area contributed by atoms with Crippen molar-refractivity contribution in [2.45, 2.75) is 31.7 Å². The predicted molar refractivity (Wildman–Crippen MR) is 131 cm³/mol. The van der Waals surface area contributed by atoms with Crippen LogP contribution in [0.5, 0.6) is 11.5 Å². The molecule has 0 spiro atoms. The molecule has 0 radical (unpaired) electrons. The minimum absolute atomic E-state index is 0.114. The van der Waals surface area contributed by atoms with Crippen LogP contribution < -0.4 is 9.47 Å². The summed E-state index contributed by atoms with van der Waals surface area (Å²) in [6.07, 6.45) is 0.354. The van der Waals surface area contributed by atoms with Gasteiger partial charge in [-0.25, -0.2) is 4.39 Å². The molecule has 0 bridgehead atoms. The van der Waals surface area contributed by atoms with Crippen molar-refractivity contribution < 1.29 is 23.5 Å². The van der Waals surface area contributed by atoms with Gasteiger partial charge >= 0.3 is 0 Å².